The third-order valence-electron chi connectivity index (χ3n) is 1.27. The molecule has 1 aliphatic rings. The fourth-order valence-electron chi connectivity index (χ4n) is 0.785. The van der Waals surface area contributed by atoms with E-state index in [1.165, 1.54) is 4.91 Å². The second kappa shape index (κ2) is 3.66. The summed E-state index contributed by atoms with van der Waals surface area (Å²) in [5.74, 6) is 1.06. The van der Waals surface area contributed by atoms with Crippen molar-refractivity contribution in [1.82, 2.24) is 4.90 Å². The standard InChI is InChI=1S/C7H12N2S/c1-3-8-5-9-4-7(2)10-6-9/h3-4H,5-6H2,1-2H3/b8-3+. The molecule has 0 spiro atoms. The Labute approximate surface area is 66.0 Å². The van der Waals surface area contributed by atoms with Crippen LogP contribution in [0.1, 0.15) is 13.8 Å². The van der Waals surface area contributed by atoms with Crippen LogP contribution in [0.5, 0.6) is 0 Å². The molecule has 0 radical (unpaired) electrons. The summed E-state index contributed by atoms with van der Waals surface area (Å²) in [7, 11) is 0. The molecule has 1 rings (SSSR count). The van der Waals surface area contributed by atoms with E-state index in [0.717, 1.165) is 12.5 Å². The van der Waals surface area contributed by atoms with E-state index in [9.17, 15) is 0 Å². The van der Waals surface area contributed by atoms with Crippen LogP contribution in [-0.2, 0) is 0 Å². The van der Waals surface area contributed by atoms with Gasteiger partial charge in [0.1, 0.15) is 6.67 Å². The zero-order chi connectivity index (χ0) is 7.40. The molecule has 56 valence electrons. The average molecular weight is 156 g/mol. The van der Waals surface area contributed by atoms with Crippen molar-refractivity contribution in [2.75, 3.05) is 12.5 Å². The fraction of sp³-hybridized carbons (Fsp3) is 0.571. The number of hydrogen-bond acceptors (Lipinski definition) is 3. The number of aliphatic imine (C=N–C) groups is 1. The molecular weight excluding hydrogens is 144 g/mol. The highest BCUT2D eigenvalue weighted by Crippen LogP contribution is 2.23. The van der Waals surface area contributed by atoms with Gasteiger partial charge in [0.2, 0.25) is 0 Å². The lowest BCUT2D eigenvalue weighted by Crippen LogP contribution is -2.12. The van der Waals surface area contributed by atoms with Crippen molar-refractivity contribution in [3.05, 3.63) is 11.1 Å². The van der Waals surface area contributed by atoms with Gasteiger partial charge in [0.15, 0.2) is 0 Å². The van der Waals surface area contributed by atoms with Crippen molar-refractivity contribution in [2.24, 2.45) is 4.99 Å². The SMILES string of the molecule is C/C=N/CN1C=C(C)SC1. The monoisotopic (exact) mass is 156 g/mol. The Morgan fingerprint density at radius 3 is 3.20 bits per heavy atom. The van der Waals surface area contributed by atoms with Crippen LogP contribution in [0, 0.1) is 0 Å². The van der Waals surface area contributed by atoms with Gasteiger partial charge in [0.25, 0.3) is 0 Å². The molecule has 2 nitrogen and oxygen atoms in total. The molecule has 0 saturated carbocycles. The zero-order valence-corrected chi connectivity index (χ0v) is 7.19. The van der Waals surface area contributed by atoms with Crippen molar-refractivity contribution in [2.45, 2.75) is 13.8 Å². The highest BCUT2D eigenvalue weighted by atomic mass is 32.2. The lowest BCUT2D eigenvalue weighted by atomic mass is 10.6. The van der Waals surface area contributed by atoms with Crippen molar-refractivity contribution >= 4 is 18.0 Å². The topological polar surface area (TPSA) is 15.6 Å². The summed E-state index contributed by atoms with van der Waals surface area (Å²) in [5.41, 5.74) is 0. The Morgan fingerprint density at radius 2 is 2.70 bits per heavy atom. The van der Waals surface area contributed by atoms with Gasteiger partial charge in [-0.3, -0.25) is 4.99 Å². The van der Waals surface area contributed by atoms with E-state index >= 15 is 0 Å². The summed E-state index contributed by atoms with van der Waals surface area (Å²) in [5, 5.41) is 0. The smallest absolute Gasteiger partial charge is 0.110 e. The van der Waals surface area contributed by atoms with Gasteiger partial charge in [0, 0.05) is 6.20 Å². The van der Waals surface area contributed by atoms with Crippen molar-refractivity contribution < 1.29 is 0 Å². The van der Waals surface area contributed by atoms with Crippen LogP contribution < -0.4 is 0 Å². The van der Waals surface area contributed by atoms with E-state index in [1.807, 2.05) is 24.9 Å². The van der Waals surface area contributed by atoms with Crippen LogP contribution in [0.2, 0.25) is 0 Å². The van der Waals surface area contributed by atoms with Gasteiger partial charge in [0.05, 0.1) is 5.88 Å². The Morgan fingerprint density at radius 1 is 1.90 bits per heavy atom. The molecule has 0 amide bonds. The van der Waals surface area contributed by atoms with Crippen LogP contribution in [0.4, 0.5) is 0 Å². The molecule has 3 heteroatoms. The molecule has 10 heavy (non-hydrogen) atoms. The normalized spacial score (nSPS) is 18.6. The largest absolute Gasteiger partial charge is 0.348 e. The quantitative estimate of drug-likeness (QED) is 0.567. The number of rotatable bonds is 2. The number of allylic oxidation sites excluding steroid dienone is 1. The minimum absolute atomic E-state index is 0.806. The van der Waals surface area contributed by atoms with Gasteiger partial charge in [-0.25, -0.2) is 0 Å². The van der Waals surface area contributed by atoms with E-state index in [1.54, 1.807) is 0 Å². The molecule has 1 aliphatic heterocycles. The Hall–Kier alpha value is -0.440. The molecule has 0 bridgehead atoms. The average Bonchev–Trinajstić information content (AvgIpc) is 2.31. The molecule has 0 fully saturated rings. The maximum absolute atomic E-state index is 4.13. The summed E-state index contributed by atoms with van der Waals surface area (Å²) in [6, 6.07) is 0. The van der Waals surface area contributed by atoms with E-state index in [-0.39, 0.29) is 0 Å². The first kappa shape index (κ1) is 7.66. The summed E-state index contributed by atoms with van der Waals surface area (Å²) in [4.78, 5) is 7.71. The first-order chi connectivity index (χ1) is 4.83. The Kier molecular flexibility index (Phi) is 2.81. The third kappa shape index (κ3) is 2.06. The fourth-order valence-corrected chi connectivity index (χ4v) is 1.53. The predicted octanol–water partition coefficient (Wildman–Crippen LogP) is 1.90. The van der Waals surface area contributed by atoms with Crippen LogP contribution in [0.3, 0.4) is 0 Å². The van der Waals surface area contributed by atoms with Gasteiger partial charge in [-0.05, 0) is 25.0 Å². The zero-order valence-electron chi connectivity index (χ0n) is 6.37. The summed E-state index contributed by atoms with van der Waals surface area (Å²) < 4.78 is 0. The van der Waals surface area contributed by atoms with Crippen LogP contribution >= 0.6 is 11.8 Å². The summed E-state index contributed by atoms with van der Waals surface area (Å²) >= 11 is 1.87. The molecule has 0 N–H and O–H groups in total. The van der Waals surface area contributed by atoms with E-state index < -0.39 is 0 Å². The molecule has 0 aromatic rings. The minimum atomic E-state index is 0.806. The van der Waals surface area contributed by atoms with Crippen LogP contribution in [0.25, 0.3) is 0 Å². The molecule has 0 aromatic carbocycles. The predicted molar refractivity (Wildman–Crippen MR) is 47.1 cm³/mol. The lowest BCUT2D eigenvalue weighted by molar-refractivity contribution is 0.463. The Balaban J connectivity index is 2.31. The highest BCUT2D eigenvalue weighted by Gasteiger charge is 2.06. The third-order valence-corrected chi connectivity index (χ3v) is 2.29. The molecule has 0 aromatic heterocycles. The highest BCUT2D eigenvalue weighted by molar-refractivity contribution is 8.03. The number of thioether (sulfide) groups is 1. The van der Waals surface area contributed by atoms with Gasteiger partial charge >= 0.3 is 0 Å². The summed E-state index contributed by atoms with van der Waals surface area (Å²) in [6.07, 6.45) is 3.99. The van der Waals surface area contributed by atoms with Crippen molar-refractivity contribution in [1.29, 1.82) is 0 Å². The van der Waals surface area contributed by atoms with Crippen molar-refractivity contribution in [3.8, 4) is 0 Å². The van der Waals surface area contributed by atoms with Gasteiger partial charge in [-0.1, -0.05) is 0 Å². The number of hydrogen-bond donors (Lipinski definition) is 0. The summed E-state index contributed by atoms with van der Waals surface area (Å²) in [6.45, 7) is 4.88. The molecule has 0 saturated heterocycles. The van der Waals surface area contributed by atoms with Gasteiger partial charge in [-0.15, -0.1) is 11.8 Å². The molecule has 0 atom stereocenters. The maximum atomic E-state index is 4.13. The first-order valence-corrected chi connectivity index (χ1v) is 4.31. The maximum Gasteiger partial charge on any atom is 0.110 e. The lowest BCUT2D eigenvalue weighted by Gasteiger charge is -2.09. The van der Waals surface area contributed by atoms with Crippen molar-refractivity contribution in [3.63, 3.8) is 0 Å². The van der Waals surface area contributed by atoms with E-state index in [0.29, 0.717) is 0 Å². The second-order valence-electron chi connectivity index (χ2n) is 2.18. The van der Waals surface area contributed by atoms with Crippen LogP contribution in [-0.4, -0.2) is 23.7 Å². The second-order valence-corrected chi connectivity index (χ2v) is 3.37. The molecule has 0 aliphatic carbocycles. The minimum Gasteiger partial charge on any atom is -0.348 e. The molecular formula is C7H12N2S. The Bertz CT molecular complexity index is 163. The van der Waals surface area contributed by atoms with E-state index in [2.05, 4.69) is 23.0 Å². The first-order valence-electron chi connectivity index (χ1n) is 3.32. The van der Waals surface area contributed by atoms with Gasteiger partial charge < -0.3 is 4.90 Å². The van der Waals surface area contributed by atoms with Gasteiger partial charge in [-0.2, -0.15) is 0 Å². The number of nitrogens with zero attached hydrogens (tertiary/aromatic N) is 2. The van der Waals surface area contributed by atoms with Crippen LogP contribution in [0.15, 0.2) is 16.1 Å². The molecule has 0 unspecified atom stereocenters. The molecule has 1 heterocycles. The van der Waals surface area contributed by atoms with E-state index in [4.69, 9.17) is 0 Å².